The van der Waals surface area contributed by atoms with E-state index in [1.807, 2.05) is 13.8 Å². The van der Waals surface area contributed by atoms with Gasteiger partial charge in [0.2, 0.25) is 0 Å². The summed E-state index contributed by atoms with van der Waals surface area (Å²) in [5, 5.41) is 8.25. The maximum absolute atomic E-state index is 12.2. The molecular formula is C16H23F3N4O. The molecule has 1 rings (SSSR count). The van der Waals surface area contributed by atoms with Gasteiger partial charge in [-0.1, -0.05) is 12.1 Å². The maximum Gasteiger partial charge on any atom is 0.390 e. The van der Waals surface area contributed by atoms with Crippen molar-refractivity contribution in [1.29, 1.82) is 0 Å². The Balaban J connectivity index is 2.60. The number of guanidine groups is 1. The molecule has 0 spiro atoms. The van der Waals surface area contributed by atoms with E-state index in [9.17, 15) is 18.0 Å². The molecule has 1 amide bonds. The van der Waals surface area contributed by atoms with Crippen molar-refractivity contribution in [2.45, 2.75) is 33.0 Å². The molecule has 0 aliphatic heterocycles. The summed E-state index contributed by atoms with van der Waals surface area (Å²) in [5.41, 5.74) is 1.41. The van der Waals surface area contributed by atoms with Crippen molar-refractivity contribution >= 4 is 11.9 Å². The van der Waals surface area contributed by atoms with E-state index >= 15 is 0 Å². The number of benzene rings is 1. The normalized spacial score (nSPS) is 12.0. The second kappa shape index (κ2) is 9.79. The first-order valence-corrected chi connectivity index (χ1v) is 7.81. The lowest BCUT2D eigenvalue weighted by molar-refractivity contribution is -0.132. The summed E-state index contributed by atoms with van der Waals surface area (Å²) in [5.74, 6) is 0.184. The van der Waals surface area contributed by atoms with Crippen LogP contribution in [-0.2, 0) is 6.54 Å². The highest BCUT2D eigenvalue weighted by Gasteiger charge is 2.26. The van der Waals surface area contributed by atoms with Crippen LogP contribution in [-0.4, -0.2) is 37.7 Å². The average Bonchev–Trinajstić information content (AvgIpc) is 2.52. The summed E-state index contributed by atoms with van der Waals surface area (Å²) < 4.78 is 36.5. The molecule has 8 heteroatoms. The van der Waals surface area contributed by atoms with E-state index in [0.29, 0.717) is 31.2 Å². The van der Waals surface area contributed by atoms with Crippen LogP contribution in [0.5, 0.6) is 0 Å². The largest absolute Gasteiger partial charge is 0.390 e. The number of hydrogen-bond donors (Lipinski definition) is 3. The highest BCUT2D eigenvalue weighted by molar-refractivity contribution is 5.94. The van der Waals surface area contributed by atoms with E-state index < -0.39 is 12.6 Å². The number of amides is 1. The second-order valence-corrected chi connectivity index (χ2v) is 5.04. The lowest BCUT2D eigenvalue weighted by Gasteiger charge is -2.12. The fourth-order valence-electron chi connectivity index (χ4n) is 1.86. The molecule has 134 valence electrons. The SMILES string of the molecule is CCNC(=O)c1ccc(CN=C(NCC)NCCC(F)(F)F)cc1. The van der Waals surface area contributed by atoms with Gasteiger partial charge in [0.1, 0.15) is 0 Å². The molecule has 0 aliphatic carbocycles. The first kappa shape index (κ1) is 19.8. The van der Waals surface area contributed by atoms with Crippen LogP contribution in [0.3, 0.4) is 0 Å². The Morgan fingerprint density at radius 2 is 1.67 bits per heavy atom. The van der Waals surface area contributed by atoms with Gasteiger partial charge in [0.05, 0.1) is 13.0 Å². The zero-order valence-electron chi connectivity index (χ0n) is 13.8. The van der Waals surface area contributed by atoms with Crippen molar-refractivity contribution in [2.75, 3.05) is 19.6 Å². The summed E-state index contributed by atoms with van der Waals surface area (Å²) >= 11 is 0. The van der Waals surface area contributed by atoms with E-state index in [4.69, 9.17) is 0 Å². The number of aliphatic imine (C=N–C) groups is 1. The maximum atomic E-state index is 12.2. The van der Waals surface area contributed by atoms with Crippen LogP contribution >= 0.6 is 0 Å². The van der Waals surface area contributed by atoms with E-state index in [-0.39, 0.29) is 12.5 Å². The molecule has 0 bridgehead atoms. The number of hydrogen-bond acceptors (Lipinski definition) is 2. The topological polar surface area (TPSA) is 65.5 Å². The Kier molecular flexibility index (Phi) is 8.08. The Labute approximate surface area is 139 Å². The molecule has 1 aromatic rings. The fraction of sp³-hybridized carbons (Fsp3) is 0.500. The number of carbonyl (C=O) groups is 1. The van der Waals surface area contributed by atoms with Gasteiger partial charge < -0.3 is 16.0 Å². The molecule has 0 radical (unpaired) electrons. The zero-order chi connectivity index (χ0) is 18.0. The lowest BCUT2D eigenvalue weighted by Crippen LogP contribution is -2.38. The third-order valence-corrected chi connectivity index (χ3v) is 3.02. The zero-order valence-corrected chi connectivity index (χ0v) is 13.8. The number of carbonyl (C=O) groups excluding carboxylic acids is 1. The number of halogens is 3. The van der Waals surface area contributed by atoms with E-state index in [2.05, 4.69) is 20.9 Å². The fourth-order valence-corrected chi connectivity index (χ4v) is 1.86. The van der Waals surface area contributed by atoms with E-state index in [1.165, 1.54) is 0 Å². The summed E-state index contributed by atoms with van der Waals surface area (Å²) in [6.07, 6.45) is -5.11. The highest BCUT2D eigenvalue weighted by atomic mass is 19.4. The van der Waals surface area contributed by atoms with Gasteiger partial charge in [-0.15, -0.1) is 0 Å². The van der Waals surface area contributed by atoms with Gasteiger partial charge in [-0.2, -0.15) is 13.2 Å². The predicted octanol–water partition coefficient (Wildman–Crippen LogP) is 2.44. The lowest BCUT2D eigenvalue weighted by atomic mass is 10.1. The van der Waals surface area contributed by atoms with Crippen molar-refractivity contribution in [2.24, 2.45) is 4.99 Å². The van der Waals surface area contributed by atoms with Crippen molar-refractivity contribution < 1.29 is 18.0 Å². The molecule has 3 N–H and O–H groups in total. The van der Waals surface area contributed by atoms with Crippen molar-refractivity contribution in [3.8, 4) is 0 Å². The molecule has 0 fully saturated rings. The standard InChI is InChI=1S/C16H23F3N4O/c1-3-20-14(24)13-7-5-12(6-8-13)11-23-15(21-4-2)22-10-9-16(17,18)19/h5-8H,3-4,9-11H2,1-2H3,(H,20,24)(H2,21,22,23). The Hall–Kier alpha value is -2.25. The Morgan fingerprint density at radius 1 is 1.04 bits per heavy atom. The average molecular weight is 344 g/mol. The van der Waals surface area contributed by atoms with Crippen molar-refractivity contribution in [3.05, 3.63) is 35.4 Å². The number of nitrogens with zero attached hydrogens (tertiary/aromatic N) is 1. The molecule has 0 aromatic heterocycles. The number of nitrogens with one attached hydrogen (secondary N) is 3. The van der Waals surface area contributed by atoms with Gasteiger partial charge in [-0.05, 0) is 31.5 Å². The van der Waals surface area contributed by atoms with Crippen LogP contribution in [0.4, 0.5) is 13.2 Å². The predicted molar refractivity (Wildman–Crippen MR) is 87.9 cm³/mol. The molecule has 0 saturated carbocycles. The van der Waals surface area contributed by atoms with Crippen LogP contribution in [0, 0.1) is 0 Å². The van der Waals surface area contributed by atoms with Crippen LogP contribution in [0.25, 0.3) is 0 Å². The molecule has 0 saturated heterocycles. The number of rotatable bonds is 7. The minimum absolute atomic E-state index is 0.144. The van der Waals surface area contributed by atoms with E-state index in [1.54, 1.807) is 24.3 Å². The Morgan fingerprint density at radius 3 is 2.21 bits per heavy atom. The Bertz CT molecular complexity index is 541. The van der Waals surface area contributed by atoms with Gasteiger partial charge >= 0.3 is 6.18 Å². The molecule has 0 unspecified atom stereocenters. The first-order chi connectivity index (χ1) is 11.4. The van der Waals surface area contributed by atoms with Crippen molar-refractivity contribution in [3.63, 3.8) is 0 Å². The van der Waals surface area contributed by atoms with Gasteiger partial charge in [0, 0.05) is 25.2 Å². The molecule has 24 heavy (non-hydrogen) atoms. The third kappa shape index (κ3) is 7.85. The molecule has 5 nitrogen and oxygen atoms in total. The van der Waals surface area contributed by atoms with Gasteiger partial charge in [0.25, 0.3) is 5.91 Å². The van der Waals surface area contributed by atoms with Crippen LogP contribution in [0.1, 0.15) is 36.2 Å². The van der Waals surface area contributed by atoms with Gasteiger partial charge in [0.15, 0.2) is 5.96 Å². The molecule has 1 aromatic carbocycles. The van der Waals surface area contributed by atoms with Gasteiger partial charge in [-0.3, -0.25) is 4.79 Å². The minimum Gasteiger partial charge on any atom is -0.357 e. The molecule has 0 atom stereocenters. The van der Waals surface area contributed by atoms with Crippen LogP contribution < -0.4 is 16.0 Å². The quantitative estimate of drug-likeness (QED) is 0.526. The molecule has 0 aliphatic rings. The summed E-state index contributed by atoms with van der Waals surface area (Å²) in [4.78, 5) is 15.9. The highest BCUT2D eigenvalue weighted by Crippen LogP contribution is 2.18. The van der Waals surface area contributed by atoms with E-state index in [0.717, 1.165) is 5.56 Å². The van der Waals surface area contributed by atoms with Crippen LogP contribution in [0.15, 0.2) is 29.3 Å². The molecule has 0 heterocycles. The van der Waals surface area contributed by atoms with Crippen molar-refractivity contribution in [1.82, 2.24) is 16.0 Å². The minimum atomic E-state index is -4.20. The summed E-state index contributed by atoms with van der Waals surface area (Å²) in [6.45, 7) is 4.86. The summed E-state index contributed by atoms with van der Waals surface area (Å²) in [7, 11) is 0. The molecular weight excluding hydrogens is 321 g/mol. The number of alkyl halides is 3. The second-order valence-electron chi connectivity index (χ2n) is 5.04. The van der Waals surface area contributed by atoms with Gasteiger partial charge in [-0.25, -0.2) is 4.99 Å². The monoisotopic (exact) mass is 344 g/mol. The smallest absolute Gasteiger partial charge is 0.357 e. The first-order valence-electron chi connectivity index (χ1n) is 7.81. The summed E-state index contributed by atoms with van der Waals surface area (Å²) in [6, 6.07) is 6.93. The van der Waals surface area contributed by atoms with Crippen LogP contribution in [0.2, 0.25) is 0 Å². The third-order valence-electron chi connectivity index (χ3n) is 3.02.